The molecule has 0 radical (unpaired) electrons. The number of amides is 2. The van der Waals surface area contributed by atoms with Crippen LogP contribution in [0.15, 0.2) is 29.3 Å². The maximum Gasteiger partial charge on any atom is 0.494 e. The minimum absolute atomic E-state index is 0.286. The molecule has 2 N–H and O–H groups in total. The normalized spacial score (nSPS) is 21.5. The van der Waals surface area contributed by atoms with E-state index in [1.54, 1.807) is 11.8 Å². The molecule has 3 rings (SSSR count). The number of amidine groups is 1. The van der Waals surface area contributed by atoms with Crippen molar-refractivity contribution < 1.29 is 14.1 Å². The Morgan fingerprint density at radius 2 is 1.75 bits per heavy atom. The highest BCUT2D eigenvalue weighted by molar-refractivity contribution is 8.14. The Balaban J connectivity index is 1.61. The van der Waals surface area contributed by atoms with E-state index in [1.807, 2.05) is 52.0 Å². The number of benzene rings is 1. The van der Waals surface area contributed by atoms with E-state index in [4.69, 9.17) is 9.31 Å². The number of nitrogens with zero attached hydrogens (tertiary/aromatic N) is 1. The molecule has 2 amide bonds. The molecule has 2 heterocycles. The third-order valence-corrected chi connectivity index (χ3v) is 5.39. The van der Waals surface area contributed by atoms with Crippen molar-refractivity contribution in [3.05, 3.63) is 24.3 Å². The van der Waals surface area contributed by atoms with E-state index in [1.165, 1.54) is 0 Å². The van der Waals surface area contributed by atoms with Crippen molar-refractivity contribution in [2.24, 2.45) is 4.99 Å². The van der Waals surface area contributed by atoms with Crippen LogP contribution in [0.1, 0.15) is 27.7 Å². The van der Waals surface area contributed by atoms with Crippen LogP contribution in [-0.2, 0) is 9.31 Å². The molecule has 2 aliphatic heterocycles. The lowest BCUT2D eigenvalue weighted by Gasteiger charge is -2.32. The van der Waals surface area contributed by atoms with Gasteiger partial charge in [-0.05, 0) is 45.3 Å². The number of hydrogen-bond acceptors (Lipinski definition) is 5. The second-order valence-electron chi connectivity index (χ2n) is 6.82. The van der Waals surface area contributed by atoms with Crippen LogP contribution >= 0.6 is 11.8 Å². The zero-order valence-electron chi connectivity index (χ0n) is 14.4. The summed E-state index contributed by atoms with van der Waals surface area (Å²) in [4.78, 5) is 16.1. The smallest absolute Gasteiger partial charge is 0.399 e. The molecule has 0 bridgehead atoms. The first-order chi connectivity index (χ1) is 11.3. The zero-order chi connectivity index (χ0) is 17.4. The SMILES string of the molecule is CC1(C)OB(c2ccc(NC(=O)NC3=NCCS3)cc2)OC1(C)C. The van der Waals surface area contributed by atoms with E-state index in [2.05, 4.69) is 15.6 Å². The minimum atomic E-state index is -0.401. The molecule has 8 heteroatoms. The largest absolute Gasteiger partial charge is 0.494 e. The number of anilines is 1. The number of hydrogen-bond donors (Lipinski definition) is 2. The third kappa shape index (κ3) is 3.60. The fourth-order valence-electron chi connectivity index (χ4n) is 2.37. The van der Waals surface area contributed by atoms with Gasteiger partial charge in [0.05, 0.1) is 17.7 Å². The van der Waals surface area contributed by atoms with Crippen LogP contribution in [0.4, 0.5) is 10.5 Å². The van der Waals surface area contributed by atoms with E-state index in [0.717, 1.165) is 17.8 Å². The standard InChI is InChI=1S/C16H22BN3O3S/c1-15(2)16(3,4)23-17(22-15)11-5-7-12(8-6-11)19-13(21)20-14-18-9-10-24-14/h5-8H,9-10H2,1-4H3,(H2,18,19,20,21). The van der Waals surface area contributed by atoms with Crippen LogP contribution in [0, 0.1) is 0 Å². The quantitative estimate of drug-likeness (QED) is 0.805. The molecule has 0 aromatic heterocycles. The summed E-state index contributed by atoms with van der Waals surface area (Å²) in [5.41, 5.74) is 0.897. The van der Waals surface area contributed by atoms with Crippen molar-refractivity contribution in [3.8, 4) is 0 Å². The summed E-state index contributed by atoms with van der Waals surface area (Å²) >= 11 is 1.55. The highest BCUT2D eigenvalue weighted by Gasteiger charge is 2.51. The van der Waals surface area contributed by atoms with Gasteiger partial charge >= 0.3 is 13.1 Å². The molecule has 24 heavy (non-hydrogen) atoms. The van der Waals surface area contributed by atoms with Crippen molar-refractivity contribution in [2.75, 3.05) is 17.6 Å². The van der Waals surface area contributed by atoms with Gasteiger partial charge in [-0.1, -0.05) is 23.9 Å². The molecule has 2 aliphatic rings. The van der Waals surface area contributed by atoms with Gasteiger partial charge in [-0.15, -0.1) is 0 Å². The van der Waals surface area contributed by atoms with Crippen LogP contribution in [0.5, 0.6) is 0 Å². The molecular formula is C16H22BN3O3S. The maximum atomic E-state index is 11.9. The van der Waals surface area contributed by atoms with Gasteiger partial charge in [0.1, 0.15) is 0 Å². The molecule has 0 aliphatic carbocycles. The molecule has 0 atom stereocenters. The number of rotatable bonds is 2. The van der Waals surface area contributed by atoms with E-state index in [0.29, 0.717) is 10.9 Å². The fourth-order valence-corrected chi connectivity index (χ4v) is 3.10. The van der Waals surface area contributed by atoms with Gasteiger partial charge in [0, 0.05) is 11.4 Å². The van der Waals surface area contributed by atoms with E-state index in [-0.39, 0.29) is 17.2 Å². The van der Waals surface area contributed by atoms with E-state index in [9.17, 15) is 4.79 Å². The molecule has 0 unspecified atom stereocenters. The minimum Gasteiger partial charge on any atom is -0.399 e. The molecule has 0 saturated carbocycles. The Bertz CT molecular complexity index is 645. The highest BCUT2D eigenvalue weighted by Crippen LogP contribution is 2.36. The number of carbonyl (C=O) groups is 1. The molecule has 1 aromatic carbocycles. The summed E-state index contributed by atoms with van der Waals surface area (Å²) in [6.07, 6.45) is 0. The first-order valence-electron chi connectivity index (χ1n) is 7.98. The predicted octanol–water partition coefficient (Wildman–Crippen LogP) is 2.21. The lowest BCUT2D eigenvalue weighted by atomic mass is 9.79. The average molecular weight is 347 g/mol. The van der Waals surface area contributed by atoms with Crippen LogP contribution in [0.2, 0.25) is 0 Å². The van der Waals surface area contributed by atoms with Crippen LogP contribution in [0.3, 0.4) is 0 Å². The Morgan fingerprint density at radius 3 is 2.29 bits per heavy atom. The van der Waals surface area contributed by atoms with Crippen molar-refractivity contribution in [2.45, 2.75) is 38.9 Å². The predicted molar refractivity (Wildman–Crippen MR) is 99.1 cm³/mol. The molecule has 0 spiro atoms. The van der Waals surface area contributed by atoms with Crippen LogP contribution in [-0.4, -0.2) is 41.8 Å². The van der Waals surface area contributed by atoms with Gasteiger partial charge in [-0.25, -0.2) is 4.79 Å². The second kappa shape index (κ2) is 6.42. The number of carbonyl (C=O) groups excluding carboxylic acids is 1. The summed E-state index contributed by atoms with van der Waals surface area (Å²) < 4.78 is 12.0. The third-order valence-electron chi connectivity index (χ3n) is 4.50. The number of thioether (sulfide) groups is 1. The Morgan fingerprint density at radius 1 is 1.12 bits per heavy atom. The van der Waals surface area contributed by atoms with Gasteiger partial charge in [0.25, 0.3) is 0 Å². The van der Waals surface area contributed by atoms with E-state index < -0.39 is 7.12 Å². The summed E-state index contributed by atoms with van der Waals surface area (Å²) in [5.74, 6) is 0.915. The lowest BCUT2D eigenvalue weighted by molar-refractivity contribution is 0.00578. The molecular weight excluding hydrogens is 325 g/mol. The lowest BCUT2D eigenvalue weighted by Crippen LogP contribution is -2.41. The summed E-state index contributed by atoms with van der Waals surface area (Å²) in [5, 5.41) is 6.19. The van der Waals surface area contributed by atoms with Crippen molar-refractivity contribution in [3.63, 3.8) is 0 Å². The second-order valence-corrected chi connectivity index (χ2v) is 7.91. The number of aliphatic imine (C=N–C) groups is 1. The van der Waals surface area contributed by atoms with Crippen LogP contribution < -0.4 is 16.1 Å². The Labute approximate surface area is 146 Å². The number of urea groups is 1. The summed E-state index contributed by atoms with van der Waals surface area (Å²) in [7, 11) is -0.401. The Hall–Kier alpha value is -1.51. The van der Waals surface area contributed by atoms with Gasteiger partial charge in [0.15, 0.2) is 5.17 Å². The monoisotopic (exact) mass is 347 g/mol. The van der Waals surface area contributed by atoms with Crippen molar-refractivity contribution in [1.82, 2.24) is 5.32 Å². The molecule has 1 fully saturated rings. The molecule has 6 nitrogen and oxygen atoms in total. The van der Waals surface area contributed by atoms with Crippen molar-refractivity contribution in [1.29, 1.82) is 0 Å². The van der Waals surface area contributed by atoms with E-state index >= 15 is 0 Å². The topological polar surface area (TPSA) is 72.0 Å². The molecule has 1 saturated heterocycles. The highest BCUT2D eigenvalue weighted by atomic mass is 32.2. The Kier molecular flexibility index (Phi) is 4.64. The fraction of sp³-hybridized carbons (Fsp3) is 0.500. The maximum absolute atomic E-state index is 11.9. The average Bonchev–Trinajstić information content (AvgIpc) is 3.06. The van der Waals surface area contributed by atoms with Crippen LogP contribution in [0.25, 0.3) is 0 Å². The van der Waals surface area contributed by atoms with Gasteiger partial charge in [-0.2, -0.15) is 0 Å². The summed E-state index contributed by atoms with van der Waals surface area (Å²) in [6.45, 7) is 8.85. The summed E-state index contributed by atoms with van der Waals surface area (Å²) in [6, 6.07) is 7.19. The molecule has 128 valence electrons. The van der Waals surface area contributed by atoms with Gasteiger partial charge in [0.2, 0.25) is 0 Å². The first-order valence-corrected chi connectivity index (χ1v) is 8.96. The zero-order valence-corrected chi connectivity index (χ0v) is 15.2. The van der Waals surface area contributed by atoms with Gasteiger partial charge < -0.3 is 14.6 Å². The molecule has 1 aromatic rings. The number of nitrogens with one attached hydrogen (secondary N) is 2. The van der Waals surface area contributed by atoms with Crippen molar-refractivity contribution >= 4 is 41.2 Å². The first kappa shape index (κ1) is 17.3. The van der Waals surface area contributed by atoms with Gasteiger partial charge in [-0.3, -0.25) is 10.3 Å².